The third-order valence-electron chi connectivity index (χ3n) is 8.58. The molecule has 0 radical (unpaired) electrons. The van der Waals surface area contributed by atoms with Crippen molar-refractivity contribution in [3.8, 4) is 0 Å². The fraction of sp³-hybridized carbons (Fsp3) is 0.452. The van der Waals surface area contributed by atoms with Gasteiger partial charge in [0.2, 0.25) is 5.91 Å². The quantitative estimate of drug-likeness (QED) is 0.275. The molecular weight excluding hydrogens is 462 g/mol. The molecule has 0 spiro atoms. The van der Waals surface area contributed by atoms with Crippen molar-refractivity contribution < 1.29 is 14.1 Å². The molecule has 2 bridgehead atoms. The number of rotatable bonds is 8. The van der Waals surface area contributed by atoms with Gasteiger partial charge in [0.15, 0.2) is 8.32 Å². The molecule has 1 unspecified atom stereocenters. The summed E-state index contributed by atoms with van der Waals surface area (Å²) in [7, 11) is -2.10. The molecule has 192 valence electrons. The van der Waals surface area contributed by atoms with Gasteiger partial charge in [-0.05, 0) is 67.1 Å². The number of amides is 1. The van der Waals surface area contributed by atoms with Crippen LogP contribution in [-0.4, -0.2) is 25.4 Å². The number of hydrogen-bond donors (Lipinski definition) is 0. The van der Waals surface area contributed by atoms with Crippen LogP contribution in [0, 0.1) is 0 Å². The zero-order valence-electron chi connectivity index (χ0n) is 23.0. The number of hydrogen-bond acceptors (Lipinski definition) is 3. The summed E-state index contributed by atoms with van der Waals surface area (Å²) in [5, 5.41) is 1.68. The predicted molar refractivity (Wildman–Crippen MR) is 149 cm³/mol. The maximum Gasteiger partial charge on any atom is 0.249 e. The van der Waals surface area contributed by atoms with Crippen LogP contribution in [-0.2, 0) is 25.2 Å². The highest BCUT2D eigenvalue weighted by Crippen LogP contribution is 2.57. The lowest BCUT2D eigenvalue weighted by molar-refractivity contribution is -0.283. The minimum atomic E-state index is -2.10. The molecule has 0 saturated carbocycles. The molecule has 2 aromatic rings. The molecule has 0 aromatic heterocycles. The van der Waals surface area contributed by atoms with E-state index in [0.717, 1.165) is 40.7 Å². The Bertz CT molecular complexity index is 1140. The number of hydroxylamine groups is 2. The first-order valence-corrected chi connectivity index (χ1v) is 15.9. The van der Waals surface area contributed by atoms with Gasteiger partial charge in [0.25, 0.3) is 0 Å². The molecule has 2 aromatic carbocycles. The van der Waals surface area contributed by atoms with Gasteiger partial charge >= 0.3 is 0 Å². The standard InChI is InChI=1S/C31H41NO3Si/c1-10-22(2)19-20-23(34-36(8,9)29(3,4)5)21-28(33)32-30(6)24-15-11-13-17-26(24)31(7,35-32)27-18-14-12-16-25(27)30/h10-18,23H,1-2,19-21H2,3-9H3. The average molecular weight is 504 g/mol. The summed E-state index contributed by atoms with van der Waals surface area (Å²) in [6.45, 7) is 23.2. The summed E-state index contributed by atoms with van der Waals surface area (Å²) in [6.07, 6.45) is 3.29. The van der Waals surface area contributed by atoms with Crippen LogP contribution >= 0.6 is 0 Å². The fourth-order valence-electron chi connectivity index (χ4n) is 5.35. The molecule has 0 fully saturated rings. The highest BCUT2D eigenvalue weighted by Gasteiger charge is 2.58. The average Bonchev–Trinajstić information content (AvgIpc) is 2.83. The van der Waals surface area contributed by atoms with Crippen molar-refractivity contribution in [1.82, 2.24) is 5.06 Å². The summed E-state index contributed by atoms with van der Waals surface area (Å²) >= 11 is 0. The van der Waals surface area contributed by atoms with E-state index in [-0.39, 0.29) is 23.5 Å². The SMILES string of the molecule is C=CC(=C)CCC(CC(=O)N1OC2(C)c3ccccc3C1(C)c1ccccc12)O[Si](C)(C)C(C)(C)C. The molecule has 2 heterocycles. The Morgan fingerprint density at radius 3 is 2.03 bits per heavy atom. The molecular formula is C31H41NO3Si. The van der Waals surface area contributed by atoms with Crippen LogP contribution in [0.2, 0.25) is 18.1 Å². The van der Waals surface area contributed by atoms with Crippen molar-refractivity contribution in [3.63, 3.8) is 0 Å². The fourth-order valence-corrected chi connectivity index (χ4v) is 6.74. The van der Waals surface area contributed by atoms with Crippen LogP contribution in [0.3, 0.4) is 0 Å². The molecule has 3 aliphatic rings. The van der Waals surface area contributed by atoms with Gasteiger partial charge in [0.1, 0.15) is 11.1 Å². The lowest BCUT2D eigenvalue weighted by Crippen LogP contribution is -2.62. The number of benzene rings is 2. The van der Waals surface area contributed by atoms with Crippen LogP contribution in [0.4, 0.5) is 0 Å². The molecule has 0 N–H and O–H groups in total. The number of allylic oxidation sites excluding steroid dienone is 2. The summed E-state index contributed by atoms with van der Waals surface area (Å²) in [4.78, 5) is 20.8. The number of fused-ring (bicyclic) bond motifs is 1. The Hall–Kier alpha value is -2.47. The first kappa shape index (κ1) is 26.6. The largest absolute Gasteiger partial charge is 0.413 e. The van der Waals surface area contributed by atoms with Crippen molar-refractivity contribution >= 4 is 14.2 Å². The number of nitrogens with zero attached hydrogens (tertiary/aromatic N) is 1. The van der Waals surface area contributed by atoms with Crippen molar-refractivity contribution in [3.05, 3.63) is 95.6 Å². The van der Waals surface area contributed by atoms with E-state index in [1.54, 1.807) is 11.1 Å². The van der Waals surface area contributed by atoms with E-state index in [1.165, 1.54) is 0 Å². The predicted octanol–water partition coefficient (Wildman–Crippen LogP) is 7.60. The molecule has 4 nitrogen and oxygen atoms in total. The van der Waals surface area contributed by atoms with Crippen LogP contribution in [0.1, 0.15) is 76.1 Å². The number of carbonyl (C=O) groups excluding carboxylic acids is 1. The normalized spacial score (nSPS) is 23.6. The third kappa shape index (κ3) is 4.21. The van der Waals surface area contributed by atoms with Crippen LogP contribution in [0.5, 0.6) is 0 Å². The minimum absolute atomic E-state index is 0.0434. The smallest absolute Gasteiger partial charge is 0.249 e. The second-order valence-corrected chi connectivity index (χ2v) is 16.8. The molecule has 5 heteroatoms. The van der Waals surface area contributed by atoms with E-state index in [0.29, 0.717) is 0 Å². The van der Waals surface area contributed by atoms with Crippen molar-refractivity contribution in [1.29, 1.82) is 0 Å². The second kappa shape index (κ2) is 9.12. The third-order valence-corrected chi connectivity index (χ3v) is 13.1. The van der Waals surface area contributed by atoms with E-state index in [4.69, 9.17) is 9.26 Å². The van der Waals surface area contributed by atoms with E-state index in [1.807, 2.05) is 24.3 Å². The Kier molecular flexibility index (Phi) is 6.74. The Morgan fingerprint density at radius 1 is 1.06 bits per heavy atom. The van der Waals surface area contributed by atoms with Gasteiger partial charge in [0, 0.05) is 0 Å². The molecule has 1 amide bonds. The molecule has 1 atom stereocenters. The zero-order chi connectivity index (χ0) is 26.5. The minimum Gasteiger partial charge on any atom is -0.413 e. The Morgan fingerprint density at radius 2 is 1.56 bits per heavy atom. The molecule has 1 aliphatic carbocycles. The second-order valence-electron chi connectivity index (χ2n) is 12.1. The van der Waals surface area contributed by atoms with Gasteiger partial charge in [-0.25, -0.2) is 5.06 Å². The lowest BCUT2D eigenvalue weighted by atomic mass is 9.65. The van der Waals surface area contributed by atoms with E-state index in [2.05, 4.69) is 85.1 Å². The molecule has 0 saturated heterocycles. The lowest BCUT2D eigenvalue weighted by Gasteiger charge is -2.57. The summed E-state index contributed by atoms with van der Waals surface area (Å²) < 4.78 is 6.80. The monoisotopic (exact) mass is 503 g/mol. The van der Waals surface area contributed by atoms with Gasteiger partial charge in [-0.2, -0.15) is 0 Å². The topological polar surface area (TPSA) is 38.8 Å². The van der Waals surface area contributed by atoms with Gasteiger partial charge < -0.3 is 4.43 Å². The Balaban J connectivity index is 1.70. The molecule has 36 heavy (non-hydrogen) atoms. The highest BCUT2D eigenvalue weighted by molar-refractivity contribution is 6.74. The highest BCUT2D eigenvalue weighted by atomic mass is 28.4. The molecule has 2 aliphatic heterocycles. The van der Waals surface area contributed by atoms with Crippen LogP contribution in [0.25, 0.3) is 0 Å². The maximum atomic E-state index is 14.1. The first-order valence-electron chi connectivity index (χ1n) is 13.0. The van der Waals surface area contributed by atoms with Crippen LogP contribution < -0.4 is 0 Å². The van der Waals surface area contributed by atoms with Gasteiger partial charge in [-0.1, -0.05) is 94.1 Å². The van der Waals surface area contributed by atoms with Crippen molar-refractivity contribution in [2.24, 2.45) is 0 Å². The summed E-state index contributed by atoms with van der Waals surface area (Å²) in [5.74, 6) is -0.0549. The maximum absolute atomic E-state index is 14.1. The van der Waals surface area contributed by atoms with Gasteiger partial charge in [-0.3, -0.25) is 9.63 Å². The number of carbonyl (C=O) groups is 1. The van der Waals surface area contributed by atoms with Gasteiger partial charge in [0.05, 0.1) is 12.5 Å². The van der Waals surface area contributed by atoms with Crippen LogP contribution in [0.15, 0.2) is 73.3 Å². The summed E-state index contributed by atoms with van der Waals surface area (Å²) in [6, 6.07) is 16.7. The van der Waals surface area contributed by atoms with Crippen molar-refractivity contribution in [2.75, 3.05) is 0 Å². The molecule has 5 rings (SSSR count). The van der Waals surface area contributed by atoms with E-state index < -0.39 is 19.5 Å². The Labute approximate surface area is 218 Å². The zero-order valence-corrected chi connectivity index (χ0v) is 24.0. The first-order chi connectivity index (χ1) is 16.8. The summed E-state index contributed by atoms with van der Waals surface area (Å²) in [5.41, 5.74) is 3.99. The van der Waals surface area contributed by atoms with Crippen molar-refractivity contribution in [2.45, 2.75) is 89.3 Å². The van der Waals surface area contributed by atoms with Gasteiger partial charge in [-0.15, -0.1) is 0 Å². The van der Waals surface area contributed by atoms with E-state index in [9.17, 15) is 4.79 Å². The van der Waals surface area contributed by atoms with E-state index >= 15 is 0 Å².